The molecule has 8 heteroatoms. The van der Waals surface area contributed by atoms with Crippen LogP contribution < -0.4 is 10.6 Å². The molecule has 2 aliphatic rings. The van der Waals surface area contributed by atoms with Crippen LogP contribution in [0.3, 0.4) is 0 Å². The summed E-state index contributed by atoms with van der Waals surface area (Å²) in [6.07, 6.45) is 8.43. The first-order valence-corrected chi connectivity index (χ1v) is 10.2. The minimum atomic E-state index is -1.35. The Morgan fingerprint density at radius 1 is 0.500 bits per heavy atom. The molecule has 3 rings (SSSR count). The van der Waals surface area contributed by atoms with Crippen LogP contribution in [0.15, 0.2) is 0 Å². The van der Waals surface area contributed by atoms with Crippen molar-refractivity contribution in [1.82, 2.24) is 10.6 Å². The molecular weight excluding hydrogens is 550 g/mol. The second kappa shape index (κ2) is 12.6. The lowest BCUT2D eigenvalue weighted by molar-refractivity contribution is 0.437. The van der Waals surface area contributed by atoms with Gasteiger partial charge in [-0.15, -0.1) is 0 Å². The summed E-state index contributed by atoms with van der Waals surface area (Å²) in [5.41, 5.74) is 0. The van der Waals surface area contributed by atoms with Crippen molar-refractivity contribution >= 4 is 45.2 Å². The number of rotatable bonds is 0. The van der Waals surface area contributed by atoms with Crippen molar-refractivity contribution in [2.45, 2.75) is 38.5 Å². The van der Waals surface area contributed by atoms with E-state index in [9.17, 15) is 17.6 Å². The molecule has 2 aliphatic heterocycles. The van der Waals surface area contributed by atoms with Crippen LogP contribution >= 0.6 is 45.2 Å². The molecule has 0 radical (unpaired) electrons. The third kappa shape index (κ3) is 7.69. The Bertz CT molecular complexity index is 367. The molecule has 2 N–H and O–H groups in total. The van der Waals surface area contributed by atoms with Gasteiger partial charge in [-0.1, -0.05) is 12.8 Å². The van der Waals surface area contributed by atoms with Crippen molar-refractivity contribution < 1.29 is 17.6 Å². The van der Waals surface area contributed by atoms with Gasteiger partial charge in [-0.2, -0.15) is 0 Å². The lowest BCUT2D eigenvalue weighted by Crippen LogP contribution is -2.21. The Kier molecular flexibility index (Phi) is 11.8. The van der Waals surface area contributed by atoms with Crippen LogP contribution in [0.25, 0.3) is 0 Å². The molecule has 0 aromatic heterocycles. The lowest BCUT2D eigenvalue weighted by Gasteiger charge is -2.08. The summed E-state index contributed by atoms with van der Waals surface area (Å²) in [4.78, 5) is 0. The van der Waals surface area contributed by atoms with Gasteiger partial charge < -0.3 is 10.6 Å². The van der Waals surface area contributed by atoms with Crippen molar-refractivity contribution in [3.8, 4) is 0 Å². The van der Waals surface area contributed by atoms with Gasteiger partial charge in [-0.25, -0.2) is 17.6 Å². The van der Waals surface area contributed by atoms with Crippen molar-refractivity contribution in [3.05, 3.63) is 30.4 Å². The highest BCUT2D eigenvalue weighted by molar-refractivity contribution is 14.1. The number of benzene rings is 1. The lowest BCUT2D eigenvalue weighted by atomic mass is 10.2. The average Bonchev–Trinajstić information content (AvgIpc) is 2.67. The molecule has 0 bridgehead atoms. The molecule has 0 atom stereocenters. The van der Waals surface area contributed by atoms with Gasteiger partial charge in [-0.05, 0) is 97.0 Å². The Hall–Kier alpha value is 0.320. The van der Waals surface area contributed by atoms with E-state index >= 15 is 0 Å². The molecule has 24 heavy (non-hydrogen) atoms. The highest BCUT2D eigenvalue weighted by atomic mass is 127. The molecule has 0 saturated carbocycles. The molecule has 2 nitrogen and oxygen atoms in total. The maximum Gasteiger partial charge on any atom is 0.176 e. The summed E-state index contributed by atoms with van der Waals surface area (Å²) < 4.78 is 49.2. The van der Waals surface area contributed by atoms with Crippen LogP contribution in [0.1, 0.15) is 38.5 Å². The van der Waals surface area contributed by atoms with Gasteiger partial charge in [0.2, 0.25) is 0 Å². The fraction of sp³-hybridized carbons (Fsp3) is 0.625. The van der Waals surface area contributed by atoms with Crippen molar-refractivity contribution in [1.29, 1.82) is 0 Å². The zero-order valence-corrected chi connectivity index (χ0v) is 17.7. The predicted octanol–water partition coefficient (Wildman–Crippen LogP) is 4.97. The summed E-state index contributed by atoms with van der Waals surface area (Å²) in [6.45, 7) is 5.00. The Morgan fingerprint density at radius 2 is 0.750 bits per heavy atom. The van der Waals surface area contributed by atoms with E-state index in [1.54, 1.807) is 0 Å². The molecular formula is C16H22F4I2N2. The van der Waals surface area contributed by atoms with Crippen LogP contribution in [0.4, 0.5) is 17.6 Å². The molecule has 0 amide bonds. The van der Waals surface area contributed by atoms with Gasteiger partial charge in [0.05, 0.1) is 7.14 Å². The Balaban J connectivity index is 0.000000200. The van der Waals surface area contributed by atoms with Gasteiger partial charge in [0, 0.05) is 0 Å². The van der Waals surface area contributed by atoms with Gasteiger partial charge in [-0.3, -0.25) is 0 Å². The first kappa shape index (κ1) is 22.4. The normalized spacial score (nSPS) is 17.2. The van der Waals surface area contributed by atoms with E-state index in [1.807, 2.05) is 0 Å². The maximum absolute atomic E-state index is 12.6. The second-order valence-electron chi connectivity index (χ2n) is 5.51. The van der Waals surface area contributed by atoms with Crippen LogP contribution in [0.5, 0.6) is 0 Å². The van der Waals surface area contributed by atoms with Gasteiger partial charge in [0.15, 0.2) is 23.3 Å². The second-order valence-corrected chi connectivity index (χ2v) is 7.66. The topological polar surface area (TPSA) is 24.1 Å². The predicted molar refractivity (Wildman–Crippen MR) is 105 cm³/mol. The van der Waals surface area contributed by atoms with E-state index in [4.69, 9.17) is 0 Å². The van der Waals surface area contributed by atoms with Crippen LogP contribution in [0.2, 0.25) is 0 Å². The summed E-state index contributed by atoms with van der Waals surface area (Å²) in [5, 5.41) is 6.57. The molecule has 138 valence electrons. The molecule has 1 aromatic carbocycles. The summed E-state index contributed by atoms with van der Waals surface area (Å²) in [7, 11) is 0. The zero-order chi connectivity index (χ0) is 17.9. The van der Waals surface area contributed by atoms with Crippen LogP contribution in [-0.4, -0.2) is 26.2 Å². The first-order valence-electron chi connectivity index (χ1n) is 8.05. The largest absolute Gasteiger partial charge is 0.317 e. The third-order valence-electron chi connectivity index (χ3n) is 3.57. The van der Waals surface area contributed by atoms with E-state index < -0.39 is 30.4 Å². The number of hydrogen-bond acceptors (Lipinski definition) is 2. The monoisotopic (exact) mass is 572 g/mol. The highest BCUT2D eigenvalue weighted by Crippen LogP contribution is 2.25. The fourth-order valence-electron chi connectivity index (χ4n) is 2.18. The van der Waals surface area contributed by atoms with Gasteiger partial charge >= 0.3 is 0 Å². The molecule has 0 unspecified atom stereocenters. The smallest absolute Gasteiger partial charge is 0.176 e. The van der Waals surface area contributed by atoms with Crippen molar-refractivity contribution in [3.63, 3.8) is 0 Å². The quantitative estimate of drug-likeness (QED) is 0.199. The van der Waals surface area contributed by atoms with Crippen molar-refractivity contribution in [2.24, 2.45) is 0 Å². The first-order chi connectivity index (χ1) is 11.5. The SMILES string of the molecule is C1CCNCC1.C1CCNCC1.Fc1c(F)c(I)c(F)c(F)c1I. The fourth-order valence-corrected chi connectivity index (χ4v) is 3.13. The van der Waals surface area contributed by atoms with E-state index in [1.165, 1.54) is 110 Å². The molecule has 2 heterocycles. The Labute approximate surface area is 167 Å². The standard InChI is InChI=1S/C6F4I2.2C5H11N/c7-1-2(8)6(12)4(10)3(9)5(1)11;2*1-2-4-6-5-3-1/h;2*6H,1-5H2. The molecule has 2 fully saturated rings. The zero-order valence-electron chi connectivity index (χ0n) is 13.3. The molecule has 0 spiro atoms. The maximum atomic E-state index is 12.6. The molecule has 2 saturated heterocycles. The minimum Gasteiger partial charge on any atom is -0.317 e. The summed E-state index contributed by atoms with van der Waals surface area (Å²) in [5.74, 6) is -5.39. The molecule has 1 aromatic rings. The van der Waals surface area contributed by atoms with E-state index in [0.717, 1.165) is 0 Å². The molecule has 0 aliphatic carbocycles. The van der Waals surface area contributed by atoms with E-state index in [2.05, 4.69) is 10.6 Å². The average molecular weight is 572 g/mol. The van der Waals surface area contributed by atoms with E-state index in [-0.39, 0.29) is 0 Å². The number of hydrogen-bond donors (Lipinski definition) is 2. The van der Waals surface area contributed by atoms with E-state index in [0.29, 0.717) is 0 Å². The minimum absolute atomic E-state index is 0.664. The number of piperidine rings is 2. The third-order valence-corrected chi connectivity index (χ3v) is 5.46. The van der Waals surface area contributed by atoms with Crippen LogP contribution in [-0.2, 0) is 0 Å². The Morgan fingerprint density at radius 3 is 0.875 bits per heavy atom. The highest BCUT2D eigenvalue weighted by Gasteiger charge is 2.21. The summed E-state index contributed by atoms with van der Waals surface area (Å²) in [6, 6.07) is 0. The number of halogens is 6. The summed E-state index contributed by atoms with van der Waals surface area (Å²) >= 11 is 2.41. The van der Waals surface area contributed by atoms with Crippen LogP contribution in [0, 0.1) is 30.4 Å². The number of nitrogens with one attached hydrogen (secondary N) is 2. The van der Waals surface area contributed by atoms with Gasteiger partial charge in [0.1, 0.15) is 0 Å². The van der Waals surface area contributed by atoms with Gasteiger partial charge in [0.25, 0.3) is 0 Å². The van der Waals surface area contributed by atoms with Crippen molar-refractivity contribution in [2.75, 3.05) is 26.2 Å².